The first-order valence-corrected chi connectivity index (χ1v) is 6.55. The van der Waals surface area contributed by atoms with Crippen LogP contribution >= 0.6 is 15.9 Å². The summed E-state index contributed by atoms with van der Waals surface area (Å²) in [6, 6.07) is 7.75. The molecule has 18 heavy (non-hydrogen) atoms. The molecule has 1 aliphatic rings. The summed E-state index contributed by atoms with van der Waals surface area (Å²) in [5.41, 5.74) is 2.38. The third-order valence-corrected chi connectivity index (χ3v) is 3.65. The predicted octanol–water partition coefficient (Wildman–Crippen LogP) is 2.92. The molecule has 4 heteroatoms. The molecule has 0 saturated heterocycles. The summed E-state index contributed by atoms with van der Waals surface area (Å²) in [6.07, 6.45) is 0.327. The highest BCUT2D eigenvalue weighted by molar-refractivity contribution is 9.10. The van der Waals surface area contributed by atoms with Gasteiger partial charge in [-0.25, -0.2) is 0 Å². The van der Waals surface area contributed by atoms with Crippen molar-refractivity contribution in [1.29, 1.82) is 0 Å². The summed E-state index contributed by atoms with van der Waals surface area (Å²) in [4.78, 5) is 23.4. The van der Waals surface area contributed by atoms with E-state index in [1.54, 1.807) is 13.8 Å². The largest absolute Gasteiger partial charge is 0.330 e. The topological polar surface area (TPSA) is 46.2 Å². The summed E-state index contributed by atoms with van der Waals surface area (Å²) in [6.45, 7) is 3.32. The first kappa shape index (κ1) is 13.0. The molecule has 1 atom stereocenters. The van der Waals surface area contributed by atoms with Gasteiger partial charge < -0.3 is 5.32 Å². The fourth-order valence-corrected chi connectivity index (χ4v) is 2.63. The molecule has 0 radical (unpaired) electrons. The molecule has 0 aromatic heterocycles. The van der Waals surface area contributed by atoms with Gasteiger partial charge in [0.15, 0.2) is 5.78 Å². The second-order valence-electron chi connectivity index (χ2n) is 4.45. The highest BCUT2D eigenvalue weighted by Crippen LogP contribution is 2.33. The summed E-state index contributed by atoms with van der Waals surface area (Å²) in [5, 5.41) is 2.73. The van der Waals surface area contributed by atoms with E-state index in [4.69, 9.17) is 0 Å². The van der Waals surface area contributed by atoms with Crippen LogP contribution in [0.2, 0.25) is 0 Å². The maximum Gasteiger partial charge on any atom is 0.225 e. The number of hydrogen-bond acceptors (Lipinski definition) is 2. The second-order valence-corrected chi connectivity index (χ2v) is 5.37. The molecule has 3 nitrogen and oxygen atoms in total. The molecule has 1 heterocycles. The SMILES string of the molecule is CC(=O)C1=C(C)NC(=O)C[C@@H]1c1ccc(Br)cc1. The van der Waals surface area contributed by atoms with E-state index < -0.39 is 0 Å². The van der Waals surface area contributed by atoms with Gasteiger partial charge in [0.05, 0.1) is 0 Å². The maximum atomic E-state index is 11.7. The molecule has 94 valence electrons. The van der Waals surface area contributed by atoms with Crippen molar-refractivity contribution >= 4 is 27.6 Å². The standard InChI is InChI=1S/C14H14BrNO2/c1-8-14(9(2)17)12(7-13(18)16-8)10-3-5-11(15)6-4-10/h3-6,12H,7H2,1-2H3,(H,16,18)/t12-/m1/s1. The lowest BCUT2D eigenvalue weighted by molar-refractivity contribution is -0.121. The van der Waals surface area contributed by atoms with Crippen LogP contribution in [0, 0.1) is 0 Å². The van der Waals surface area contributed by atoms with Crippen molar-refractivity contribution in [2.75, 3.05) is 0 Å². The first-order valence-electron chi connectivity index (χ1n) is 5.76. The Labute approximate surface area is 114 Å². The van der Waals surface area contributed by atoms with Crippen LogP contribution in [0.4, 0.5) is 0 Å². The third kappa shape index (κ3) is 2.53. The van der Waals surface area contributed by atoms with E-state index >= 15 is 0 Å². The van der Waals surface area contributed by atoms with E-state index in [-0.39, 0.29) is 17.6 Å². The summed E-state index contributed by atoms with van der Waals surface area (Å²) in [5.74, 6) is -0.157. The minimum absolute atomic E-state index is 0.0143. The van der Waals surface area contributed by atoms with Crippen LogP contribution in [0.25, 0.3) is 0 Å². The van der Waals surface area contributed by atoms with E-state index in [1.807, 2.05) is 24.3 Å². The molecule has 0 aliphatic carbocycles. The summed E-state index contributed by atoms with van der Waals surface area (Å²) >= 11 is 3.38. The van der Waals surface area contributed by atoms with Crippen molar-refractivity contribution in [3.63, 3.8) is 0 Å². The van der Waals surface area contributed by atoms with Crippen LogP contribution in [-0.2, 0) is 9.59 Å². The lowest BCUT2D eigenvalue weighted by Gasteiger charge is -2.26. The Hall–Kier alpha value is -1.42. The third-order valence-electron chi connectivity index (χ3n) is 3.12. The fraction of sp³-hybridized carbons (Fsp3) is 0.286. The normalized spacial score (nSPS) is 19.7. The van der Waals surface area contributed by atoms with Crippen LogP contribution in [-0.4, -0.2) is 11.7 Å². The average molecular weight is 308 g/mol. The number of amides is 1. The van der Waals surface area contributed by atoms with Gasteiger partial charge in [-0.2, -0.15) is 0 Å². The van der Waals surface area contributed by atoms with E-state index in [0.29, 0.717) is 17.7 Å². The molecule has 0 fully saturated rings. The Balaban J connectivity index is 2.46. The smallest absolute Gasteiger partial charge is 0.225 e. The Morgan fingerprint density at radius 2 is 1.94 bits per heavy atom. The minimum atomic E-state index is -0.135. The van der Waals surface area contributed by atoms with Gasteiger partial charge in [-0.3, -0.25) is 9.59 Å². The number of rotatable bonds is 2. The van der Waals surface area contributed by atoms with Crippen LogP contribution < -0.4 is 5.32 Å². The molecule has 0 unspecified atom stereocenters. The molecule has 1 aromatic carbocycles. The highest BCUT2D eigenvalue weighted by atomic mass is 79.9. The van der Waals surface area contributed by atoms with E-state index in [9.17, 15) is 9.59 Å². The Morgan fingerprint density at radius 3 is 2.50 bits per heavy atom. The average Bonchev–Trinajstić information content (AvgIpc) is 2.28. The fourth-order valence-electron chi connectivity index (χ4n) is 2.37. The van der Waals surface area contributed by atoms with Crippen molar-refractivity contribution in [3.05, 3.63) is 45.6 Å². The lowest BCUT2D eigenvalue weighted by atomic mass is 9.83. The molecular weight excluding hydrogens is 294 g/mol. The number of benzene rings is 1. The second kappa shape index (κ2) is 5.06. The number of ketones is 1. The highest BCUT2D eigenvalue weighted by Gasteiger charge is 2.29. The van der Waals surface area contributed by atoms with Crippen LogP contribution in [0.15, 0.2) is 40.0 Å². The monoisotopic (exact) mass is 307 g/mol. The van der Waals surface area contributed by atoms with Crippen LogP contribution in [0.5, 0.6) is 0 Å². The Kier molecular flexibility index (Phi) is 3.66. The number of allylic oxidation sites excluding steroid dienone is 2. The van der Waals surface area contributed by atoms with Crippen molar-refractivity contribution in [2.45, 2.75) is 26.2 Å². The number of carbonyl (C=O) groups is 2. The molecule has 2 rings (SSSR count). The van der Waals surface area contributed by atoms with E-state index in [0.717, 1.165) is 10.0 Å². The van der Waals surface area contributed by atoms with Gasteiger partial charge >= 0.3 is 0 Å². The zero-order chi connectivity index (χ0) is 13.3. The van der Waals surface area contributed by atoms with Crippen LogP contribution in [0.1, 0.15) is 31.7 Å². The van der Waals surface area contributed by atoms with Crippen molar-refractivity contribution in [3.8, 4) is 0 Å². The van der Waals surface area contributed by atoms with Gasteiger partial charge in [-0.15, -0.1) is 0 Å². The number of halogens is 1. The zero-order valence-electron chi connectivity index (χ0n) is 10.3. The molecule has 1 aromatic rings. The van der Waals surface area contributed by atoms with Crippen LogP contribution in [0.3, 0.4) is 0 Å². The van der Waals surface area contributed by atoms with E-state index in [2.05, 4.69) is 21.2 Å². The lowest BCUT2D eigenvalue weighted by Crippen LogP contribution is -2.33. The number of carbonyl (C=O) groups excluding carboxylic acids is 2. The van der Waals surface area contributed by atoms with Crippen molar-refractivity contribution in [2.24, 2.45) is 0 Å². The number of nitrogens with one attached hydrogen (secondary N) is 1. The first-order chi connectivity index (χ1) is 8.49. The minimum Gasteiger partial charge on any atom is -0.330 e. The predicted molar refractivity (Wildman–Crippen MR) is 73.0 cm³/mol. The molecule has 1 N–H and O–H groups in total. The Bertz CT molecular complexity index is 531. The molecule has 0 bridgehead atoms. The zero-order valence-corrected chi connectivity index (χ0v) is 11.9. The quantitative estimate of drug-likeness (QED) is 0.913. The van der Waals surface area contributed by atoms with Gasteiger partial charge in [0.2, 0.25) is 5.91 Å². The number of hydrogen-bond donors (Lipinski definition) is 1. The van der Waals surface area contributed by atoms with E-state index in [1.165, 1.54) is 0 Å². The van der Waals surface area contributed by atoms with Gasteiger partial charge in [-0.1, -0.05) is 28.1 Å². The van der Waals surface area contributed by atoms with Crippen molar-refractivity contribution < 1.29 is 9.59 Å². The van der Waals surface area contributed by atoms with Crippen molar-refractivity contribution in [1.82, 2.24) is 5.32 Å². The Morgan fingerprint density at radius 1 is 1.33 bits per heavy atom. The maximum absolute atomic E-state index is 11.7. The van der Waals surface area contributed by atoms with Gasteiger partial charge in [0, 0.05) is 28.1 Å². The molecule has 0 saturated carbocycles. The van der Waals surface area contributed by atoms with Gasteiger partial charge in [0.1, 0.15) is 0 Å². The number of Topliss-reactive ketones (excluding diaryl/α,β-unsaturated/α-hetero) is 1. The molecule has 1 aliphatic heterocycles. The van der Waals surface area contributed by atoms with Gasteiger partial charge in [-0.05, 0) is 31.5 Å². The summed E-state index contributed by atoms with van der Waals surface area (Å²) in [7, 11) is 0. The molecule has 1 amide bonds. The van der Waals surface area contributed by atoms with Gasteiger partial charge in [0.25, 0.3) is 0 Å². The molecule has 0 spiro atoms. The summed E-state index contributed by atoms with van der Waals surface area (Å²) < 4.78 is 0.983. The molecular formula is C14H14BrNO2.